The number of ether oxygens (including phenoxy) is 1. The molecule has 0 saturated carbocycles. The topological polar surface area (TPSA) is 41.6 Å². The molecule has 4 heteroatoms. The first kappa shape index (κ1) is 13.9. The summed E-state index contributed by atoms with van der Waals surface area (Å²) in [4.78, 5) is 13.3. The first-order valence-corrected chi connectivity index (χ1v) is 6.75. The van der Waals surface area contributed by atoms with Crippen molar-refractivity contribution < 1.29 is 9.53 Å². The van der Waals surface area contributed by atoms with Crippen molar-refractivity contribution in [1.29, 1.82) is 0 Å². The SMILES string of the molecule is COCC(C)CNc1ccc2c(c1)CCN2C(C)=O. The number of anilines is 2. The van der Waals surface area contributed by atoms with Crippen LogP contribution in [0, 0.1) is 5.92 Å². The molecule has 0 bridgehead atoms. The standard InChI is InChI=1S/C15H22N2O2/c1-11(10-19-3)9-16-14-4-5-15-13(8-14)6-7-17(15)12(2)18/h4-5,8,11,16H,6-7,9-10H2,1-3H3. The van der Waals surface area contributed by atoms with Crippen molar-refractivity contribution in [3.05, 3.63) is 23.8 Å². The number of nitrogens with one attached hydrogen (secondary N) is 1. The Kier molecular flexibility index (Phi) is 4.43. The van der Waals surface area contributed by atoms with Crippen LogP contribution >= 0.6 is 0 Å². The lowest BCUT2D eigenvalue weighted by Crippen LogP contribution is -2.25. The molecule has 1 N–H and O–H groups in total. The summed E-state index contributed by atoms with van der Waals surface area (Å²) >= 11 is 0. The van der Waals surface area contributed by atoms with Crippen LogP contribution in [-0.2, 0) is 16.0 Å². The Morgan fingerprint density at radius 1 is 1.53 bits per heavy atom. The van der Waals surface area contributed by atoms with Gasteiger partial charge in [-0.25, -0.2) is 0 Å². The molecule has 19 heavy (non-hydrogen) atoms. The van der Waals surface area contributed by atoms with Crippen molar-refractivity contribution in [2.45, 2.75) is 20.3 Å². The van der Waals surface area contributed by atoms with E-state index in [4.69, 9.17) is 4.74 Å². The van der Waals surface area contributed by atoms with Gasteiger partial charge in [-0.3, -0.25) is 4.79 Å². The lowest BCUT2D eigenvalue weighted by atomic mass is 10.1. The molecule has 104 valence electrons. The monoisotopic (exact) mass is 262 g/mol. The third kappa shape index (κ3) is 3.26. The molecule has 1 heterocycles. The molecule has 0 fully saturated rings. The molecular formula is C15H22N2O2. The van der Waals surface area contributed by atoms with Crippen LogP contribution in [0.4, 0.5) is 11.4 Å². The fourth-order valence-corrected chi connectivity index (χ4v) is 2.47. The van der Waals surface area contributed by atoms with Gasteiger partial charge in [0.15, 0.2) is 0 Å². The van der Waals surface area contributed by atoms with E-state index in [9.17, 15) is 4.79 Å². The van der Waals surface area contributed by atoms with Crippen molar-refractivity contribution >= 4 is 17.3 Å². The molecular weight excluding hydrogens is 240 g/mol. The number of nitrogens with zero attached hydrogens (tertiary/aromatic N) is 1. The number of benzene rings is 1. The Bertz CT molecular complexity index is 459. The minimum atomic E-state index is 0.119. The third-order valence-electron chi connectivity index (χ3n) is 3.46. The first-order chi connectivity index (χ1) is 9.11. The van der Waals surface area contributed by atoms with E-state index in [-0.39, 0.29) is 5.91 Å². The van der Waals surface area contributed by atoms with Crippen LogP contribution in [0.25, 0.3) is 0 Å². The number of hydrogen-bond acceptors (Lipinski definition) is 3. The largest absolute Gasteiger partial charge is 0.385 e. The Labute approximate surface area is 114 Å². The van der Waals surface area contributed by atoms with E-state index in [0.717, 1.165) is 37.5 Å². The number of methoxy groups -OCH3 is 1. The molecule has 0 aromatic heterocycles. The summed E-state index contributed by atoms with van der Waals surface area (Å²) in [7, 11) is 1.72. The van der Waals surface area contributed by atoms with Crippen molar-refractivity contribution in [2.24, 2.45) is 5.92 Å². The smallest absolute Gasteiger partial charge is 0.223 e. The summed E-state index contributed by atoms with van der Waals surface area (Å²) in [6, 6.07) is 6.23. The number of rotatable bonds is 5. The summed E-state index contributed by atoms with van der Waals surface area (Å²) in [5.41, 5.74) is 3.43. The van der Waals surface area contributed by atoms with Crippen molar-refractivity contribution in [1.82, 2.24) is 0 Å². The maximum absolute atomic E-state index is 11.5. The summed E-state index contributed by atoms with van der Waals surface area (Å²) in [5.74, 6) is 0.597. The molecule has 0 spiro atoms. The van der Waals surface area contributed by atoms with E-state index in [1.165, 1.54) is 5.56 Å². The fraction of sp³-hybridized carbons (Fsp3) is 0.533. The van der Waals surface area contributed by atoms with Gasteiger partial charge in [0.25, 0.3) is 0 Å². The molecule has 2 rings (SSSR count). The zero-order valence-electron chi connectivity index (χ0n) is 11.9. The fourth-order valence-electron chi connectivity index (χ4n) is 2.47. The second-order valence-electron chi connectivity index (χ2n) is 5.21. The maximum Gasteiger partial charge on any atom is 0.223 e. The number of carbonyl (C=O) groups excluding carboxylic acids is 1. The number of fused-ring (bicyclic) bond motifs is 1. The van der Waals surface area contributed by atoms with Gasteiger partial charge in [-0.05, 0) is 36.1 Å². The van der Waals surface area contributed by atoms with Crippen molar-refractivity contribution in [2.75, 3.05) is 37.0 Å². The molecule has 1 amide bonds. The minimum Gasteiger partial charge on any atom is -0.385 e. The average molecular weight is 262 g/mol. The van der Waals surface area contributed by atoms with E-state index in [0.29, 0.717) is 5.92 Å². The molecule has 4 nitrogen and oxygen atoms in total. The van der Waals surface area contributed by atoms with Crippen LogP contribution in [0.1, 0.15) is 19.4 Å². The molecule has 1 aromatic carbocycles. The lowest BCUT2D eigenvalue weighted by molar-refractivity contribution is -0.116. The van der Waals surface area contributed by atoms with E-state index in [2.05, 4.69) is 18.3 Å². The Balaban J connectivity index is 2.01. The molecule has 0 aliphatic carbocycles. The third-order valence-corrected chi connectivity index (χ3v) is 3.46. The van der Waals surface area contributed by atoms with Gasteiger partial charge in [-0.2, -0.15) is 0 Å². The van der Waals surface area contributed by atoms with Crippen molar-refractivity contribution in [3.63, 3.8) is 0 Å². The second kappa shape index (κ2) is 6.06. The van der Waals surface area contributed by atoms with Gasteiger partial charge < -0.3 is 15.0 Å². The van der Waals surface area contributed by atoms with E-state index in [1.807, 2.05) is 17.0 Å². The van der Waals surface area contributed by atoms with Crippen LogP contribution in [0.5, 0.6) is 0 Å². The van der Waals surface area contributed by atoms with E-state index >= 15 is 0 Å². The predicted molar refractivity (Wildman–Crippen MR) is 77.7 cm³/mol. The average Bonchev–Trinajstić information content (AvgIpc) is 2.79. The zero-order valence-corrected chi connectivity index (χ0v) is 11.9. The van der Waals surface area contributed by atoms with Gasteiger partial charge in [0.05, 0.1) is 6.61 Å². The molecule has 1 unspecified atom stereocenters. The van der Waals surface area contributed by atoms with Gasteiger partial charge in [-0.1, -0.05) is 6.92 Å². The van der Waals surface area contributed by atoms with Crippen LogP contribution < -0.4 is 10.2 Å². The highest BCUT2D eigenvalue weighted by Crippen LogP contribution is 2.30. The maximum atomic E-state index is 11.5. The van der Waals surface area contributed by atoms with Crippen LogP contribution in [0.2, 0.25) is 0 Å². The Hall–Kier alpha value is -1.55. The van der Waals surface area contributed by atoms with Crippen LogP contribution in [0.3, 0.4) is 0 Å². The summed E-state index contributed by atoms with van der Waals surface area (Å²) in [6.45, 7) is 6.22. The molecule has 1 aliphatic heterocycles. The zero-order chi connectivity index (χ0) is 13.8. The molecule has 1 atom stereocenters. The highest BCUT2D eigenvalue weighted by molar-refractivity contribution is 5.94. The quantitative estimate of drug-likeness (QED) is 0.885. The van der Waals surface area contributed by atoms with Gasteiger partial charge in [0.2, 0.25) is 5.91 Å². The Morgan fingerprint density at radius 3 is 3.00 bits per heavy atom. The predicted octanol–water partition coefficient (Wildman–Crippen LogP) is 2.29. The van der Waals surface area contributed by atoms with Crippen LogP contribution in [-0.4, -0.2) is 32.7 Å². The lowest BCUT2D eigenvalue weighted by Gasteiger charge is -2.16. The van der Waals surface area contributed by atoms with Crippen molar-refractivity contribution in [3.8, 4) is 0 Å². The summed E-state index contributed by atoms with van der Waals surface area (Å²) < 4.78 is 5.12. The molecule has 1 aliphatic rings. The van der Waals surface area contributed by atoms with Gasteiger partial charge in [0, 0.05) is 38.5 Å². The number of amides is 1. The number of carbonyl (C=O) groups is 1. The summed E-state index contributed by atoms with van der Waals surface area (Å²) in [5, 5.41) is 3.42. The van der Waals surface area contributed by atoms with E-state index < -0.39 is 0 Å². The highest BCUT2D eigenvalue weighted by Gasteiger charge is 2.21. The number of hydrogen-bond donors (Lipinski definition) is 1. The second-order valence-corrected chi connectivity index (χ2v) is 5.21. The molecule has 1 aromatic rings. The van der Waals surface area contributed by atoms with Gasteiger partial charge >= 0.3 is 0 Å². The Morgan fingerprint density at radius 2 is 2.32 bits per heavy atom. The molecule has 0 radical (unpaired) electrons. The minimum absolute atomic E-state index is 0.119. The van der Waals surface area contributed by atoms with E-state index in [1.54, 1.807) is 14.0 Å². The first-order valence-electron chi connectivity index (χ1n) is 6.75. The summed E-state index contributed by atoms with van der Waals surface area (Å²) in [6.07, 6.45) is 0.943. The normalized spacial score (nSPS) is 15.2. The van der Waals surface area contributed by atoms with Crippen LogP contribution in [0.15, 0.2) is 18.2 Å². The highest BCUT2D eigenvalue weighted by atomic mass is 16.5. The molecule has 0 saturated heterocycles. The van der Waals surface area contributed by atoms with Gasteiger partial charge in [0.1, 0.15) is 0 Å². The van der Waals surface area contributed by atoms with Gasteiger partial charge in [-0.15, -0.1) is 0 Å².